The summed E-state index contributed by atoms with van der Waals surface area (Å²) in [5.74, 6) is 0.507. The van der Waals surface area contributed by atoms with Crippen LogP contribution in [-0.4, -0.2) is 36.7 Å². The Morgan fingerprint density at radius 3 is 2.21 bits per heavy atom. The average Bonchev–Trinajstić information content (AvgIpc) is 2.31. The van der Waals surface area contributed by atoms with E-state index < -0.39 is 26.0 Å². The van der Waals surface area contributed by atoms with Gasteiger partial charge in [-0.2, -0.15) is 0 Å². The fourth-order valence-electron chi connectivity index (χ4n) is 2.17. The Morgan fingerprint density at radius 2 is 1.84 bits per heavy atom. The Morgan fingerprint density at radius 1 is 1.37 bits per heavy atom. The standard InChI is InChI=1S/C13H24ClNO3S/c1-10-5-7-13(9-14,8-6-10)15-11(16)12(2,3)19(4,17)18/h10H,5-9H2,1-4H3,(H,15,16). The summed E-state index contributed by atoms with van der Waals surface area (Å²) < 4.78 is 22.0. The predicted molar refractivity (Wildman–Crippen MR) is 78.1 cm³/mol. The van der Waals surface area contributed by atoms with Crippen molar-refractivity contribution in [2.24, 2.45) is 5.92 Å². The van der Waals surface area contributed by atoms with Gasteiger partial charge in [0.15, 0.2) is 9.84 Å². The summed E-state index contributed by atoms with van der Waals surface area (Å²) in [6, 6.07) is 0. The van der Waals surface area contributed by atoms with Crippen LogP contribution in [0.2, 0.25) is 0 Å². The quantitative estimate of drug-likeness (QED) is 0.809. The van der Waals surface area contributed by atoms with Crippen molar-refractivity contribution < 1.29 is 13.2 Å². The molecule has 0 aromatic heterocycles. The zero-order valence-electron chi connectivity index (χ0n) is 12.1. The summed E-state index contributed by atoms with van der Waals surface area (Å²) in [4.78, 5) is 12.3. The van der Waals surface area contributed by atoms with Crippen LogP contribution < -0.4 is 5.32 Å². The number of sulfone groups is 1. The maximum absolute atomic E-state index is 12.3. The first-order valence-electron chi connectivity index (χ1n) is 6.62. The van der Waals surface area contributed by atoms with E-state index in [2.05, 4.69) is 12.2 Å². The van der Waals surface area contributed by atoms with E-state index in [9.17, 15) is 13.2 Å². The van der Waals surface area contributed by atoms with Gasteiger partial charge in [-0.1, -0.05) is 6.92 Å². The summed E-state index contributed by atoms with van der Waals surface area (Å²) in [5, 5.41) is 2.90. The molecule has 0 aromatic carbocycles. The second kappa shape index (κ2) is 5.60. The van der Waals surface area contributed by atoms with Crippen LogP contribution in [0, 0.1) is 5.92 Å². The van der Waals surface area contributed by atoms with E-state index in [0.717, 1.165) is 31.9 Å². The van der Waals surface area contributed by atoms with Crippen molar-refractivity contribution in [1.82, 2.24) is 5.32 Å². The molecule has 1 fully saturated rings. The first-order valence-corrected chi connectivity index (χ1v) is 9.05. The molecule has 112 valence electrons. The van der Waals surface area contributed by atoms with Crippen molar-refractivity contribution in [3.63, 3.8) is 0 Å². The molecular formula is C13H24ClNO3S. The van der Waals surface area contributed by atoms with Gasteiger partial charge in [0.2, 0.25) is 5.91 Å². The number of rotatable bonds is 4. The van der Waals surface area contributed by atoms with Gasteiger partial charge in [0.1, 0.15) is 4.75 Å². The van der Waals surface area contributed by atoms with Gasteiger partial charge in [-0.25, -0.2) is 8.42 Å². The summed E-state index contributed by atoms with van der Waals surface area (Å²) in [6.07, 6.45) is 4.72. The molecule has 0 atom stereocenters. The molecule has 0 bridgehead atoms. The topological polar surface area (TPSA) is 63.2 Å². The van der Waals surface area contributed by atoms with Gasteiger partial charge < -0.3 is 5.32 Å². The molecule has 4 nitrogen and oxygen atoms in total. The lowest BCUT2D eigenvalue weighted by atomic mass is 9.78. The van der Waals surface area contributed by atoms with Gasteiger partial charge in [-0.15, -0.1) is 11.6 Å². The lowest BCUT2D eigenvalue weighted by molar-refractivity contribution is -0.125. The van der Waals surface area contributed by atoms with Crippen molar-refractivity contribution in [3.8, 4) is 0 Å². The molecule has 0 saturated heterocycles. The Kier molecular flexibility index (Phi) is 4.94. The van der Waals surface area contributed by atoms with Crippen LogP contribution in [0.4, 0.5) is 0 Å². The number of amides is 1. The summed E-state index contributed by atoms with van der Waals surface area (Å²) in [6.45, 7) is 5.05. The van der Waals surface area contributed by atoms with Gasteiger partial charge >= 0.3 is 0 Å². The Hall–Kier alpha value is -0.290. The minimum atomic E-state index is -3.45. The molecule has 6 heteroatoms. The Balaban J connectivity index is 2.85. The van der Waals surface area contributed by atoms with Crippen molar-refractivity contribution in [1.29, 1.82) is 0 Å². The first-order chi connectivity index (χ1) is 8.54. The number of hydrogen-bond donors (Lipinski definition) is 1. The molecule has 1 rings (SSSR count). The number of alkyl halides is 1. The Labute approximate surface area is 121 Å². The van der Waals surface area contributed by atoms with Crippen LogP contribution in [-0.2, 0) is 14.6 Å². The van der Waals surface area contributed by atoms with Crippen molar-refractivity contribution in [3.05, 3.63) is 0 Å². The molecule has 0 heterocycles. The van der Waals surface area contributed by atoms with E-state index in [0.29, 0.717) is 11.8 Å². The molecule has 1 N–H and O–H groups in total. The van der Waals surface area contributed by atoms with E-state index in [1.165, 1.54) is 13.8 Å². The number of carbonyl (C=O) groups excluding carboxylic acids is 1. The number of halogens is 1. The molecule has 19 heavy (non-hydrogen) atoms. The summed E-state index contributed by atoms with van der Waals surface area (Å²) >= 11 is 6.03. The van der Waals surface area contributed by atoms with Gasteiger partial charge in [-0.05, 0) is 45.4 Å². The normalized spacial score (nSPS) is 29.0. The molecular weight excluding hydrogens is 286 g/mol. The van der Waals surface area contributed by atoms with Gasteiger partial charge in [0, 0.05) is 12.1 Å². The largest absolute Gasteiger partial charge is 0.348 e. The number of nitrogens with one attached hydrogen (secondary N) is 1. The van der Waals surface area contributed by atoms with Crippen molar-refractivity contribution >= 4 is 27.3 Å². The van der Waals surface area contributed by atoms with E-state index in [1.807, 2.05) is 0 Å². The second-order valence-electron chi connectivity index (χ2n) is 6.33. The number of carbonyl (C=O) groups is 1. The highest BCUT2D eigenvalue weighted by molar-refractivity contribution is 7.92. The van der Waals surface area contributed by atoms with E-state index in [1.54, 1.807) is 0 Å². The second-order valence-corrected chi connectivity index (χ2v) is 9.17. The lowest BCUT2D eigenvalue weighted by Crippen LogP contribution is -2.58. The fraction of sp³-hybridized carbons (Fsp3) is 0.923. The van der Waals surface area contributed by atoms with Crippen LogP contribution in [0.25, 0.3) is 0 Å². The maximum atomic E-state index is 12.3. The highest BCUT2D eigenvalue weighted by Gasteiger charge is 2.43. The smallest absolute Gasteiger partial charge is 0.241 e. The van der Waals surface area contributed by atoms with Gasteiger partial charge in [0.25, 0.3) is 0 Å². The maximum Gasteiger partial charge on any atom is 0.241 e. The molecule has 0 aliphatic heterocycles. The number of hydrogen-bond acceptors (Lipinski definition) is 3. The van der Waals surface area contributed by atoms with Gasteiger partial charge in [0.05, 0.1) is 5.54 Å². The third-order valence-corrected chi connectivity index (χ3v) is 6.89. The average molecular weight is 310 g/mol. The molecule has 1 amide bonds. The molecule has 0 unspecified atom stereocenters. The highest BCUT2D eigenvalue weighted by Crippen LogP contribution is 2.33. The molecule has 1 saturated carbocycles. The van der Waals surface area contributed by atoms with Gasteiger partial charge in [-0.3, -0.25) is 4.79 Å². The molecule has 1 aliphatic carbocycles. The van der Waals surface area contributed by atoms with Crippen molar-refractivity contribution in [2.45, 2.75) is 56.7 Å². The fourth-order valence-corrected chi connectivity index (χ4v) is 2.89. The molecule has 0 radical (unpaired) electrons. The third-order valence-electron chi connectivity index (χ3n) is 4.34. The summed E-state index contributed by atoms with van der Waals surface area (Å²) in [5.41, 5.74) is -0.451. The predicted octanol–water partition coefficient (Wildman–Crippen LogP) is 2.11. The highest BCUT2D eigenvalue weighted by atomic mass is 35.5. The molecule has 0 aromatic rings. The minimum Gasteiger partial charge on any atom is -0.348 e. The SMILES string of the molecule is CC1CCC(CCl)(NC(=O)C(C)(C)S(C)(=O)=O)CC1. The van der Waals surface area contributed by atoms with Crippen LogP contribution in [0.1, 0.15) is 46.5 Å². The molecule has 0 spiro atoms. The van der Waals surface area contributed by atoms with Crippen LogP contribution in [0.5, 0.6) is 0 Å². The molecule has 1 aliphatic rings. The van der Waals surface area contributed by atoms with E-state index in [4.69, 9.17) is 11.6 Å². The minimum absolute atomic E-state index is 0.325. The van der Waals surface area contributed by atoms with Crippen LogP contribution in [0.3, 0.4) is 0 Å². The zero-order valence-corrected chi connectivity index (χ0v) is 13.7. The first kappa shape index (κ1) is 16.8. The summed E-state index contributed by atoms with van der Waals surface area (Å²) in [7, 11) is -3.45. The lowest BCUT2D eigenvalue weighted by Gasteiger charge is -2.40. The third kappa shape index (κ3) is 3.63. The monoisotopic (exact) mass is 309 g/mol. The van der Waals surface area contributed by atoms with Crippen LogP contribution in [0.15, 0.2) is 0 Å². The zero-order chi connectivity index (χ0) is 14.9. The van der Waals surface area contributed by atoms with E-state index in [-0.39, 0.29) is 0 Å². The van der Waals surface area contributed by atoms with Crippen LogP contribution >= 0.6 is 11.6 Å². The van der Waals surface area contributed by atoms with E-state index >= 15 is 0 Å². The van der Waals surface area contributed by atoms with Crippen molar-refractivity contribution in [2.75, 3.05) is 12.1 Å². The Bertz CT molecular complexity index is 437.